The molecule has 0 N–H and O–H groups in total. The number of para-hydroxylation sites is 3. The smallest absolute Gasteiger partial charge is 0.428 e. The van der Waals surface area contributed by atoms with Gasteiger partial charge in [-0.3, -0.25) is 0 Å². The van der Waals surface area contributed by atoms with Gasteiger partial charge in [-0.15, -0.1) is 0 Å². The van der Waals surface area contributed by atoms with E-state index in [4.69, 9.17) is 4.74 Å². The van der Waals surface area contributed by atoms with E-state index in [2.05, 4.69) is 221 Å². The summed E-state index contributed by atoms with van der Waals surface area (Å²) in [5.74, 6) is 1.80. The molecule has 2 heterocycles. The van der Waals surface area contributed by atoms with E-state index in [0.717, 1.165) is 50.8 Å². The molecular weight excluding hydrogens is 683 g/mol. The zero-order valence-corrected chi connectivity index (χ0v) is 30.5. The summed E-state index contributed by atoms with van der Waals surface area (Å²) < 4.78 is 13.3. The lowest BCUT2D eigenvalue weighted by atomic mass is 9.66. The molecule has 11 rings (SSSR count). The maximum absolute atomic E-state index is 6.77. The van der Waals surface area contributed by atoms with Crippen molar-refractivity contribution in [2.45, 2.75) is 5.41 Å². The minimum Gasteiger partial charge on any atom is -0.457 e. The Bertz CT molecular complexity index is 2840. The quantitative estimate of drug-likeness (QED) is 0.162. The number of benzene rings is 8. The molecule has 2 aliphatic rings. The van der Waals surface area contributed by atoms with Gasteiger partial charge in [0.05, 0.1) is 5.41 Å². The van der Waals surface area contributed by atoms with E-state index in [-0.39, 0.29) is 0 Å². The molecule has 1 aliphatic heterocycles. The minimum absolute atomic E-state index is 0.456. The molecule has 1 aromatic heterocycles. The fraction of sp³-hybridized carbons (Fsp3) is 0.0192. The van der Waals surface area contributed by atoms with Gasteiger partial charge in [-0.1, -0.05) is 165 Å². The van der Waals surface area contributed by atoms with Gasteiger partial charge in [-0.05, 0) is 56.6 Å². The average Bonchev–Trinajstić information content (AvgIpc) is 3.57. The zero-order valence-electron chi connectivity index (χ0n) is 30.5. The molecule has 0 unspecified atom stereocenters. The number of rotatable bonds is 5. The molecule has 0 radical (unpaired) electrons. The molecule has 4 heteroatoms. The highest BCUT2D eigenvalue weighted by molar-refractivity contribution is 5.89. The zero-order chi connectivity index (χ0) is 37.1. The molecule has 8 aromatic carbocycles. The van der Waals surface area contributed by atoms with E-state index in [1.807, 2.05) is 12.1 Å². The largest absolute Gasteiger partial charge is 0.457 e. The Hall–Kier alpha value is -7.43. The molecule has 0 fully saturated rings. The van der Waals surface area contributed by atoms with Gasteiger partial charge in [0.25, 0.3) is 0 Å². The van der Waals surface area contributed by atoms with Crippen molar-refractivity contribution in [3.05, 3.63) is 241 Å². The van der Waals surface area contributed by atoms with E-state index >= 15 is 0 Å². The molecule has 1 spiro atoms. The molecule has 0 saturated carbocycles. The second kappa shape index (κ2) is 12.9. The van der Waals surface area contributed by atoms with Crippen molar-refractivity contribution in [3.63, 3.8) is 0 Å². The van der Waals surface area contributed by atoms with Crippen LogP contribution in [0.1, 0.15) is 22.3 Å². The Morgan fingerprint density at radius 1 is 0.304 bits per heavy atom. The molecule has 4 nitrogen and oxygen atoms in total. The SMILES string of the molecule is c1ccc(-[n+]2c[n+](-c3ccccc3)c[n+](-c3cccc(-c4ccc(-c5ccc6c(c5)Oc5ccccc5C65c6ccccc6-c6ccccc65)cc4)c3)c2)cc1. The van der Waals surface area contributed by atoms with Crippen molar-refractivity contribution < 1.29 is 18.4 Å². The predicted octanol–water partition coefficient (Wildman–Crippen LogP) is 10.3. The van der Waals surface area contributed by atoms with Crippen LogP contribution >= 0.6 is 0 Å². The van der Waals surface area contributed by atoms with Crippen LogP contribution in [0, 0.1) is 0 Å². The number of aromatic nitrogens is 3. The number of hydrogen-bond donors (Lipinski definition) is 0. The summed E-state index contributed by atoms with van der Waals surface area (Å²) in [4.78, 5) is 0. The first-order chi connectivity index (χ1) is 27.7. The van der Waals surface area contributed by atoms with Crippen molar-refractivity contribution in [3.8, 4) is 61.9 Å². The third-order valence-corrected chi connectivity index (χ3v) is 11.4. The van der Waals surface area contributed by atoms with Crippen LogP contribution < -0.4 is 18.4 Å². The first-order valence-electron chi connectivity index (χ1n) is 19.1. The Labute approximate surface area is 326 Å². The first kappa shape index (κ1) is 32.0. The second-order valence-corrected chi connectivity index (χ2v) is 14.5. The van der Waals surface area contributed by atoms with Crippen LogP contribution in [-0.4, -0.2) is 0 Å². The van der Waals surface area contributed by atoms with E-state index in [0.29, 0.717) is 0 Å². The van der Waals surface area contributed by atoms with Crippen molar-refractivity contribution in [1.29, 1.82) is 0 Å². The fourth-order valence-electron chi connectivity index (χ4n) is 8.83. The number of nitrogens with zero attached hydrogens (tertiary/aromatic N) is 3. The van der Waals surface area contributed by atoms with Crippen LogP contribution in [-0.2, 0) is 5.41 Å². The highest BCUT2D eigenvalue weighted by atomic mass is 16.5. The van der Waals surface area contributed by atoms with Gasteiger partial charge in [0.2, 0.25) is 17.1 Å². The van der Waals surface area contributed by atoms with Crippen molar-refractivity contribution >= 4 is 0 Å². The summed E-state index contributed by atoms with van der Waals surface area (Å²) in [6, 6.07) is 71.5. The Balaban J connectivity index is 0.962. The average molecular weight is 719 g/mol. The standard InChI is InChI=1S/C52H36N3O/c1-3-15-41(16-4-1)53-34-54(42-17-5-2-6-18-42)36-55(35-53)43-19-13-14-39(32-43)37-26-28-38(29-27-37)40-30-31-49-51(33-40)56-50-25-12-11-24-48(50)52(49)46-22-9-7-20-44(46)45-21-8-10-23-47(45)52/h1-36H/q+3. The highest BCUT2D eigenvalue weighted by Gasteiger charge is 2.50. The lowest BCUT2D eigenvalue weighted by Gasteiger charge is -2.39. The molecule has 0 amide bonds. The second-order valence-electron chi connectivity index (χ2n) is 14.5. The van der Waals surface area contributed by atoms with Gasteiger partial charge in [0.1, 0.15) is 11.5 Å². The third kappa shape index (κ3) is 5.04. The maximum Gasteiger partial charge on any atom is 0.428 e. The Kier molecular flexibility index (Phi) is 7.36. The van der Waals surface area contributed by atoms with Gasteiger partial charge >= 0.3 is 19.0 Å². The van der Waals surface area contributed by atoms with Crippen LogP contribution in [0.4, 0.5) is 0 Å². The van der Waals surface area contributed by atoms with Gasteiger partial charge in [0, 0.05) is 47.5 Å². The lowest BCUT2D eigenvalue weighted by Crippen LogP contribution is -2.55. The summed E-state index contributed by atoms with van der Waals surface area (Å²) in [5, 5.41) is 0. The number of hydrogen-bond acceptors (Lipinski definition) is 1. The maximum atomic E-state index is 6.77. The van der Waals surface area contributed by atoms with Gasteiger partial charge in [0.15, 0.2) is 0 Å². The van der Waals surface area contributed by atoms with Gasteiger partial charge < -0.3 is 4.74 Å². The molecule has 1 aliphatic carbocycles. The summed E-state index contributed by atoms with van der Waals surface area (Å²) in [7, 11) is 0. The highest BCUT2D eigenvalue weighted by Crippen LogP contribution is 2.62. The topological polar surface area (TPSA) is 20.9 Å². The van der Waals surface area contributed by atoms with E-state index in [1.165, 1.54) is 33.4 Å². The summed E-state index contributed by atoms with van der Waals surface area (Å²) in [6.07, 6.45) is 6.36. The molecule has 9 aromatic rings. The third-order valence-electron chi connectivity index (χ3n) is 11.4. The van der Waals surface area contributed by atoms with Crippen molar-refractivity contribution in [2.75, 3.05) is 0 Å². The number of fused-ring (bicyclic) bond motifs is 9. The summed E-state index contributed by atoms with van der Waals surface area (Å²) in [5.41, 5.74) is 14.9. The number of ether oxygens (including phenoxy) is 1. The summed E-state index contributed by atoms with van der Waals surface area (Å²) >= 11 is 0. The van der Waals surface area contributed by atoms with E-state index in [1.54, 1.807) is 0 Å². The Morgan fingerprint density at radius 2 is 0.750 bits per heavy atom. The van der Waals surface area contributed by atoms with Gasteiger partial charge in [-0.2, -0.15) is 0 Å². The normalized spacial score (nSPS) is 12.9. The Morgan fingerprint density at radius 3 is 1.36 bits per heavy atom. The predicted molar refractivity (Wildman–Crippen MR) is 219 cm³/mol. The minimum atomic E-state index is -0.456. The van der Waals surface area contributed by atoms with Crippen molar-refractivity contribution in [2.24, 2.45) is 0 Å². The molecule has 0 saturated heterocycles. The van der Waals surface area contributed by atoms with Crippen LogP contribution in [0.3, 0.4) is 0 Å². The molecule has 262 valence electrons. The van der Waals surface area contributed by atoms with Crippen molar-refractivity contribution in [1.82, 2.24) is 0 Å². The van der Waals surface area contributed by atoms with Crippen LogP contribution in [0.15, 0.2) is 219 Å². The van der Waals surface area contributed by atoms with Crippen LogP contribution in [0.2, 0.25) is 0 Å². The van der Waals surface area contributed by atoms with Gasteiger partial charge in [-0.25, -0.2) is 0 Å². The van der Waals surface area contributed by atoms with Crippen LogP contribution in [0.5, 0.6) is 11.5 Å². The van der Waals surface area contributed by atoms with E-state index in [9.17, 15) is 0 Å². The molecular formula is C52H36N3O+3. The molecule has 56 heavy (non-hydrogen) atoms. The molecule has 0 atom stereocenters. The summed E-state index contributed by atoms with van der Waals surface area (Å²) in [6.45, 7) is 0. The van der Waals surface area contributed by atoms with Crippen LogP contribution in [0.25, 0.3) is 50.4 Å². The first-order valence-corrected chi connectivity index (χ1v) is 19.1. The fourth-order valence-corrected chi connectivity index (χ4v) is 8.83. The van der Waals surface area contributed by atoms with E-state index < -0.39 is 5.41 Å². The molecule has 0 bridgehead atoms. The lowest BCUT2D eigenvalue weighted by molar-refractivity contribution is -0.858. The monoisotopic (exact) mass is 718 g/mol.